The van der Waals surface area contributed by atoms with Crippen LogP contribution in [0.4, 0.5) is 5.69 Å². The van der Waals surface area contributed by atoms with E-state index in [0.717, 1.165) is 0 Å². The molecule has 0 aromatic heterocycles. The molecule has 20 heavy (non-hydrogen) atoms. The molecule has 0 saturated heterocycles. The molecule has 1 unspecified atom stereocenters. The smallest absolute Gasteiger partial charge is 0.238 e. The zero-order valence-corrected chi connectivity index (χ0v) is 11.7. The fourth-order valence-electron chi connectivity index (χ4n) is 1.78. The van der Waals surface area contributed by atoms with E-state index in [1.807, 2.05) is 6.07 Å². The predicted molar refractivity (Wildman–Crippen MR) is 75.2 cm³/mol. The second-order valence-corrected chi connectivity index (χ2v) is 4.55. The van der Waals surface area contributed by atoms with Crippen LogP contribution in [0.5, 0.6) is 0 Å². The van der Waals surface area contributed by atoms with Gasteiger partial charge in [-0.25, -0.2) is 0 Å². The number of ether oxygens (including phenoxy) is 1. The molecular formula is C14H19N3O3. The highest BCUT2D eigenvalue weighted by Crippen LogP contribution is 2.09. The van der Waals surface area contributed by atoms with Crippen LogP contribution >= 0.6 is 0 Å². The summed E-state index contributed by atoms with van der Waals surface area (Å²) in [7, 11) is 3.25. The van der Waals surface area contributed by atoms with Crippen LogP contribution in [0.2, 0.25) is 0 Å². The van der Waals surface area contributed by atoms with E-state index >= 15 is 0 Å². The minimum absolute atomic E-state index is 0.150. The molecular weight excluding hydrogens is 258 g/mol. The van der Waals surface area contributed by atoms with E-state index < -0.39 is 6.10 Å². The Bertz CT molecular complexity index is 485. The van der Waals surface area contributed by atoms with Crippen LogP contribution in [0.15, 0.2) is 24.3 Å². The van der Waals surface area contributed by atoms with Gasteiger partial charge in [0.25, 0.3) is 0 Å². The minimum atomic E-state index is -0.625. The Balaban J connectivity index is 2.45. The summed E-state index contributed by atoms with van der Waals surface area (Å²) >= 11 is 0. The Morgan fingerprint density at radius 1 is 1.60 bits per heavy atom. The quantitative estimate of drug-likeness (QED) is 0.755. The normalized spacial score (nSPS) is 11.9. The summed E-state index contributed by atoms with van der Waals surface area (Å²) in [6.07, 6.45) is -0.625. The number of likely N-dealkylation sites (N-methyl/N-ethyl adjacent to an activating group) is 1. The minimum Gasteiger partial charge on any atom is -0.389 e. The number of aliphatic hydroxyl groups excluding tert-OH is 1. The van der Waals surface area contributed by atoms with Gasteiger partial charge in [-0.1, -0.05) is 6.07 Å². The molecule has 1 atom stereocenters. The van der Waals surface area contributed by atoms with E-state index in [0.29, 0.717) is 17.8 Å². The van der Waals surface area contributed by atoms with Crippen LogP contribution in [-0.4, -0.2) is 55.9 Å². The molecule has 0 radical (unpaired) electrons. The lowest BCUT2D eigenvalue weighted by atomic mass is 10.2. The van der Waals surface area contributed by atoms with Gasteiger partial charge in [0, 0.05) is 19.3 Å². The second-order valence-electron chi connectivity index (χ2n) is 4.55. The largest absolute Gasteiger partial charge is 0.389 e. The Hall–Kier alpha value is -1.94. The monoisotopic (exact) mass is 277 g/mol. The van der Waals surface area contributed by atoms with Crippen LogP contribution in [0.1, 0.15) is 5.56 Å². The number of carbonyl (C=O) groups excluding carboxylic acids is 1. The fraction of sp³-hybridized carbons (Fsp3) is 0.429. The van der Waals surface area contributed by atoms with E-state index in [9.17, 15) is 9.90 Å². The van der Waals surface area contributed by atoms with Gasteiger partial charge in [0.15, 0.2) is 0 Å². The SMILES string of the molecule is COCC(O)CN(C)CC(=O)Nc1cccc(C#N)c1. The highest BCUT2D eigenvalue weighted by molar-refractivity contribution is 5.92. The lowest BCUT2D eigenvalue weighted by Crippen LogP contribution is -2.37. The van der Waals surface area contributed by atoms with Gasteiger partial charge >= 0.3 is 0 Å². The maximum Gasteiger partial charge on any atom is 0.238 e. The number of hydrogen-bond acceptors (Lipinski definition) is 5. The summed E-state index contributed by atoms with van der Waals surface area (Å²) in [5.41, 5.74) is 1.08. The molecule has 1 aromatic rings. The summed E-state index contributed by atoms with van der Waals surface area (Å²) in [6.45, 7) is 0.729. The molecule has 0 spiro atoms. The van der Waals surface area contributed by atoms with Crippen LogP contribution in [-0.2, 0) is 9.53 Å². The van der Waals surface area contributed by atoms with Crippen molar-refractivity contribution in [3.63, 3.8) is 0 Å². The molecule has 0 fully saturated rings. The van der Waals surface area contributed by atoms with Crippen molar-refractivity contribution in [3.8, 4) is 6.07 Å². The number of nitriles is 1. The number of benzene rings is 1. The van der Waals surface area contributed by atoms with Crippen molar-refractivity contribution in [1.82, 2.24) is 4.90 Å². The van der Waals surface area contributed by atoms with Crippen molar-refractivity contribution in [3.05, 3.63) is 29.8 Å². The summed E-state index contributed by atoms with van der Waals surface area (Å²) in [5, 5.41) is 21.0. The lowest BCUT2D eigenvalue weighted by molar-refractivity contribution is -0.117. The zero-order chi connectivity index (χ0) is 15.0. The van der Waals surface area contributed by atoms with Crippen LogP contribution in [0.3, 0.4) is 0 Å². The van der Waals surface area contributed by atoms with Crippen LogP contribution in [0.25, 0.3) is 0 Å². The molecule has 6 heteroatoms. The number of nitrogens with one attached hydrogen (secondary N) is 1. The molecule has 1 amide bonds. The number of carbonyl (C=O) groups is 1. The first kappa shape index (κ1) is 16.1. The van der Waals surface area contributed by atoms with Gasteiger partial charge < -0.3 is 15.2 Å². The maximum absolute atomic E-state index is 11.8. The summed E-state index contributed by atoms with van der Waals surface area (Å²) < 4.78 is 4.82. The molecule has 0 saturated carbocycles. The van der Waals surface area contributed by atoms with Gasteiger partial charge in [-0.15, -0.1) is 0 Å². The topological polar surface area (TPSA) is 85.6 Å². The highest BCUT2D eigenvalue weighted by Gasteiger charge is 2.11. The first-order chi connectivity index (χ1) is 9.55. The average molecular weight is 277 g/mol. The maximum atomic E-state index is 11.8. The molecule has 0 heterocycles. The standard InChI is InChI=1S/C14H19N3O3/c1-17(8-13(18)10-20-2)9-14(19)16-12-5-3-4-11(6-12)7-15/h3-6,13,18H,8-10H2,1-2H3,(H,16,19). The van der Waals surface area contributed by atoms with Crippen molar-refractivity contribution in [2.75, 3.05) is 39.2 Å². The summed E-state index contributed by atoms with van der Waals surface area (Å²) in [4.78, 5) is 13.5. The number of methoxy groups -OCH3 is 1. The number of amides is 1. The predicted octanol–water partition coefficient (Wildman–Crippen LogP) is 0.436. The Morgan fingerprint density at radius 3 is 3.00 bits per heavy atom. The van der Waals surface area contributed by atoms with E-state index in [1.54, 1.807) is 36.2 Å². The van der Waals surface area contributed by atoms with Gasteiger partial charge in [0.2, 0.25) is 5.91 Å². The third-order valence-corrected chi connectivity index (χ3v) is 2.57. The van der Waals surface area contributed by atoms with Gasteiger partial charge in [-0.05, 0) is 25.2 Å². The summed E-state index contributed by atoms with van der Waals surface area (Å²) in [6, 6.07) is 8.72. The van der Waals surface area contributed by atoms with Crippen molar-refractivity contribution in [1.29, 1.82) is 5.26 Å². The van der Waals surface area contributed by atoms with E-state index in [-0.39, 0.29) is 19.1 Å². The van der Waals surface area contributed by atoms with E-state index in [4.69, 9.17) is 10.00 Å². The number of aliphatic hydroxyl groups is 1. The zero-order valence-electron chi connectivity index (χ0n) is 11.7. The number of nitrogens with zero attached hydrogens (tertiary/aromatic N) is 2. The number of rotatable bonds is 7. The average Bonchev–Trinajstić information content (AvgIpc) is 2.38. The first-order valence-electron chi connectivity index (χ1n) is 6.20. The molecule has 0 aliphatic heterocycles. The van der Waals surface area contributed by atoms with Crippen molar-refractivity contribution < 1.29 is 14.6 Å². The second kappa shape index (κ2) is 8.27. The molecule has 108 valence electrons. The van der Waals surface area contributed by atoms with Crippen molar-refractivity contribution >= 4 is 11.6 Å². The lowest BCUT2D eigenvalue weighted by Gasteiger charge is -2.19. The van der Waals surface area contributed by atoms with E-state index in [2.05, 4.69) is 5.32 Å². The fourth-order valence-corrected chi connectivity index (χ4v) is 1.78. The molecule has 1 aromatic carbocycles. The molecule has 1 rings (SSSR count). The Morgan fingerprint density at radius 2 is 2.35 bits per heavy atom. The molecule has 0 aliphatic rings. The summed E-state index contributed by atoms with van der Waals surface area (Å²) in [5.74, 6) is -0.202. The van der Waals surface area contributed by atoms with E-state index in [1.165, 1.54) is 7.11 Å². The van der Waals surface area contributed by atoms with Gasteiger partial charge in [-0.2, -0.15) is 5.26 Å². The molecule has 2 N–H and O–H groups in total. The van der Waals surface area contributed by atoms with Crippen LogP contribution in [0, 0.1) is 11.3 Å². The Labute approximate surface area is 118 Å². The number of anilines is 1. The first-order valence-corrected chi connectivity index (χ1v) is 6.20. The number of hydrogen-bond donors (Lipinski definition) is 2. The van der Waals surface area contributed by atoms with Gasteiger partial charge in [0.1, 0.15) is 0 Å². The molecule has 6 nitrogen and oxygen atoms in total. The van der Waals surface area contributed by atoms with Gasteiger partial charge in [-0.3, -0.25) is 9.69 Å². The Kier molecular flexibility index (Phi) is 6.67. The third-order valence-electron chi connectivity index (χ3n) is 2.57. The molecule has 0 bridgehead atoms. The van der Waals surface area contributed by atoms with Crippen molar-refractivity contribution in [2.24, 2.45) is 0 Å². The third kappa shape index (κ3) is 5.80. The highest BCUT2D eigenvalue weighted by atomic mass is 16.5. The van der Waals surface area contributed by atoms with Crippen molar-refractivity contribution in [2.45, 2.75) is 6.10 Å². The van der Waals surface area contributed by atoms with Crippen LogP contribution < -0.4 is 5.32 Å². The molecule has 0 aliphatic carbocycles. The van der Waals surface area contributed by atoms with Gasteiger partial charge in [0.05, 0.1) is 30.9 Å².